The maximum atomic E-state index is 12.6. The van der Waals surface area contributed by atoms with Gasteiger partial charge in [-0.25, -0.2) is 14.8 Å². The van der Waals surface area contributed by atoms with Gasteiger partial charge in [0.05, 0.1) is 16.1 Å². The van der Waals surface area contributed by atoms with E-state index in [-0.39, 0.29) is 33.6 Å². The second kappa shape index (κ2) is 12.5. The predicted molar refractivity (Wildman–Crippen MR) is 151 cm³/mol. The number of hydrogen-bond donors (Lipinski definition) is 3. The molecule has 2 aromatic rings. The van der Waals surface area contributed by atoms with Crippen molar-refractivity contribution < 1.29 is 19.4 Å². The van der Waals surface area contributed by atoms with Crippen LogP contribution in [0.15, 0.2) is 30.6 Å². The Morgan fingerprint density at radius 1 is 1.21 bits per heavy atom. The number of rotatable bonds is 6. The average molecular weight is 559 g/mol. The number of benzene rings is 1. The molecule has 2 amide bonds. The number of aromatic nitrogens is 2. The van der Waals surface area contributed by atoms with Gasteiger partial charge in [-0.2, -0.15) is 5.26 Å². The zero-order chi connectivity index (χ0) is 29.6. The highest BCUT2D eigenvalue weighted by molar-refractivity contribution is 6.31. The Hall–Kier alpha value is -3.58. The minimum atomic E-state index is -0.528. The lowest BCUT2D eigenvalue weighted by Gasteiger charge is -2.57. The number of amides is 2. The van der Waals surface area contributed by atoms with Crippen molar-refractivity contribution in [3.8, 4) is 11.8 Å². The third kappa shape index (κ3) is 9.29. The fourth-order valence-electron chi connectivity index (χ4n) is 4.88. The Morgan fingerprint density at radius 2 is 1.79 bits per heavy atom. The Kier molecular flexibility index (Phi) is 10.2. The summed E-state index contributed by atoms with van der Waals surface area (Å²) in [6.45, 7) is 15.0. The summed E-state index contributed by atoms with van der Waals surface area (Å²) in [6.07, 6.45) is 3.69. The number of phenols is 1. The van der Waals surface area contributed by atoms with Crippen molar-refractivity contribution >= 4 is 29.5 Å². The molecule has 1 fully saturated rings. The average Bonchev–Trinajstić information content (AvgIpc) is 2.81. The van der Waals surface area contributed by atoms with Crippen LogP contribution >= 0.6 is 11.6 Å². The van der Waals surface area contributed by atoms with Gasteiger partial charge in [0.1, 0.15) is 17.4 Å². The molecule has 1 aliphatic carbocycles. The molecule has 3 N–H and O–H groups in total. The number of likely N-dealkylation sites (N-methyl/N-ethyl adjacent to an activating group) is 1. The van der Waals surface area contributed by atoms with Crippen LogP contribution in [-0.2, 0) is 4.74 Å². The first-order chi connectivity index (χ1) is 17.9. The lowest BCUT2D eigenvalue weighted by Crippen LogP contribution is -2.63. The molecule has 1 aromatic carbocycles. The molecular formula is C28H39ClN6O4. The summed E-state index contributed by atoms with van der Waals surface area (Å²) >= 11 is 5.55. The van der Waals surface area contributed by atoms with Crippen LogP contribution in [0.1, 0.15) is 70.8 Å². The standard InChI is InChI=1S/C21H35N5O3.C7H4ClNO/c1-19(2,3)29-18(28)22-9-10-26(8)17-23-11-14(12-24-17)15(27)25-16-20(4,5)13-21(16,6)7;8-7-3-6(10)2-1-5(7)4-9/h11-12,16H,9-10,13H2,1-8H3,(H,22,28)(H,25,27);1-3,10H. The summed E-state index contributed by atoms with van der Waals surface area (Å²) in [4.78, 5) is 34.7. The monoisotopic (exact) mass is 558 g/mol. The predicted octanol–water partition coefficient (Wildman–Crippen LogP) is 4.91. The van der Waals surface area contributed by atoms with Gasteiger partial charge in [0.2, 0.25) is 5.95 Å². The first-order valence-electron chi connectivity index (χ1n) is 12.6. The Balaban J connectivity index is 0.000000446. The molecule has 0 radical (unpaired) electrons. The molecule has 3 rings (SSSR count). The normalized spacial score (nSPS) is 15.5. The number of anilines is 1. The molecule has 0 saturated heterocycles. The second-order valence-electron chi connectivity index (χ2n) is 12.0. The number of nitriles is 1. The Labute approximate surface area is 235 Å². The molecule has 212 valence electrons. The van der Waals surface area contributed by atoms with Crippen LogP contribution < -0.4 is 15.5 Å². The maximum Gasteiger partial charge on any atom is 0.407 e. The van der Waals surface area contributed by atoms with Crippen molar-refractivity contribution in [1.29, 1.82) is 5.26 Å². The molecule has 1 aliphatic rings. The van der Waals surface area contributed by atoms with Crippen molar-refractivity contribution in [2.45, 2.75) is 66.5 Å². The molecule has 39 heavy (non-hydrogen) atoms. The van der Waals surface area contributed by atoms with Gasteiger partial charge < -0.3 is 25.4 Å². The van der Waals surface area contributed by atoms with Crippen LogP contribution in [0.2, 0.25) is 5.02 Å². The van der Waals surface area contributed by atoms with Crippen LogP contribution in [0, 0.1) is 22.2 Å². The van der Waals surface area contributed by atoms with E-state index in [9.17, 15) is 9.59 Å². The minimum absolute atomic E-state index is 0.0731. The van der Waals surface area contributed by atoms with Crippen LogP contribution in [0.25, 0.3) is 0 Å². The van der Waals surface area contributed by atoms with Gasteiger partial charge >= 0.3 is 6.09 Å². The lowest BCUT2D eigenvalue weighted by atomic mass is 9.52. The molecular weight excluding hydrogens is 520 g/mol. The molecule has 11 heteroatoms. The summed E-state index contributed by atoms with van der Waals surface area (Å²) in [7, 11) is 1.82. The second-order valence-corrected chi connectivity index (χ2v) is 12.4. The third-order valence-electron chi connectivity index (χ3n) is 6.18. The van der Waals surface area contributed by atoms with E-state index in [1.807, 2.05) is 33.9 Å². The van der Waals surface area contributed by atoms with Gasteiger partial charge in [-0.05, 0) is 56.2 Å². The van der Waals surface area contributed by atoms with Crippen molar-refractivity contribution in [1.82, 2.24) is 20.6 Å². The van der Waals surface area contributed by atoms with Gasteiger partial charge in [-0.15, -0.1) is 0 Å². The van der Waals surface area contributed by atoms with Crippen LogP contribution in [-0.4, -0.2) is 58.9 Å². The minimum Gasteiger partial charge on any atom is -0.508 e. The zero-order valence-electron chi connectivity index (χ0n) is 23.9. The van der Waals surface area contributed by atoms with Crippen molar-refractivity contribution in [2.75, 3.05) is 25.0 Å². The van der Waals surface area contributed by atoms with E-state index in [1.165, 1.54) is 30.6 Å². The number of ether oxygens (including phenoxy) is 1. The molecule has 0 aliphatic heterocycles. The highest BCUT2D eigenvalue weighted by Gasteiger charge is 2.53. The van der Waals surface area contributed by atoms with Gasteiger partial charge in [-0.3, -0.25) is 4.79 Å². The number of carbonyl (C=O) groups is 2. The highest BCUT2D eigenvalue weighted by atomic mass is 35.5. The Morgan fingerprint density at radius 3 is 2.28 bits per heavy atom. The number of carbonyl (C=O) groups excluding carboxylic acids is 2. The first-order valence-corrected chi connectivity index (χ1v) is 13.0. The number of alkyl carbamates (subject to hydrolysis) is 1. The molecule has 1 heterocycles. The number of nitrogens with zero attached hydrogens (tertiary/aromatic N) is 4. The van der Waals surface area contributed by atoms with Gasteiger partial charge in [0.15, 0.2) is 0 Å². The van der Waals surface area contributed by atoms with E-state index in [4.69, 9.17) is 26.7 Å². The van der Waals surface area contributed by atoms with E-state index in [0.29, 0.717) is 30.2 Å². The van der Waals surface area contributed by atoms with E-state index in [1.54, 1.807) is 4.90 Å². The van der Waals surface area contributed by atoms with E-state index in [0.717, 1.165) is 6.42 Å². The number of phenolic OH excluding ortho intramolecular Hbond substituents is 1. The first kappa shape index (κ1) is 31.6. The number of nitrogens with one attached hydrogen (secondary N) is 2. The maximum absolute atomic E-state index is 12.6. The SMILES string of the molecule is CN(CCNC(=O)OC(C)(C)C)c1ncc(C(=O)NC2C(C)(C)CC2(C)C)cn1.N#Cc1ccc(O)cc1Cl. The fourth-order valence-corrected chi connectivity index (χ4v) is 5.10. The Bertz CT molecular complexity index is 1190. The molecule has 10 nitrogen and oxygen atoms in total. The summed E-state index contributed by atoms with van der Waals surface area (Å²) in [5, 5.41) is 23.3. The van der Waals surface area contributed by atoms with Crippen molar-refractivity contribution in [3.05, 3.63) is 46.7 Å². The third-order valence-corrected chi connectivity index (χ3v) is 6.49. The molecule has 0 unspecified atom stereocenters. The zero-order valence-corrected chi connectivity index (χ0v) is 24.7. The number of aromatic hydroxyl groups is 1. The summed E-state index contributed by atoms with van der Waals surface area (Å²) in [5.41, 5.74) is 0.453. The quantitative estimate of drug-likeness (QED) is 0.454. The van der Waals surface area contributed by atoms with Crippen LogP contribution in [0.4, 0.5) is 10.7 Å². The number of hydrogen-bond acceptors (Lipinski definition) is 8. The molecule has 1 aromatic heterocycles. The molecule has 0 atom stereocenters. The summed E-state index contributed by atoms with van der Waals surface area (Å²) in [6, 6.07) is 6.22. The van der Waals surface area contributed by atoms with Gasteiger partial charge in [0.25, 0.3) is 5.91 Å². The largest absolute Gasteiger partial charge is 0.508 e. The van der Waals surface area contributed by atoms with Crippen molar-refractivity contribution in [3.63, 3.8) is 0 Å². The van der Waals surface area contributed by atoms with E-state index in [2.05, 4.69) is 48.3 Å². The molecule has 0 spiro atoms. The number of halogens is 1. The lowest BCUT2D eigenvalue weighted by molar-refractivity contribution is -0.0366. The van der Waals surface area contributed by atoms with E-state index < -0.39 is 11.7 Å². The summed E-state index contributed by atoms with van der Waals surface area (Å²) < 4.78 is 5.20. The summed E-state index contributed by atoms with van der Waals surface area (Å²) in [5.74, 6) is 0.400. The molecule has 1 saturated carbocycles. The van der Waals surface area contributed by atoms with E-state index >= 15 is 0 Å². The molecule has 0 bridgehead atoms. The van der Waals surface area contributed by atoms with Crippen LogP contribution in [0.5, 0.6) is 5.75 Å². The van der Waals surface area contributed by atoms with Gasteiger partial charge in [-0.1, -0.05) is 39.3 Å². The topological polar surface area (TPSA) is 140 Å². The smallest absolute Gasteiger partial charge is 0.407 e. The van der Waals surface area contributed by atoms with Crippen LogP contribution in [0.3, 0.4) is 0 Å². The fraction of sp³-hybridized carbons (Fsp3) is 0.536. The van der Waals surface area contributed by atoms with Crippen molar-refractivity contribution in [2.24, 2.45) is 10.8 Å². The van der Waals surface area contributed by atoms with Gasteiger partial charge in [0, 0.05) is 38.6 Å². The highest BCUT2D eigenvalue weighted by Crippen LogP contribution is 2.53.